The van der Waals surface area contributed by atoms with E-state index in [2.05, 4.69) is 193 Å². The lowest BCUT2D eigenvalue weighted by Gasteiger charge is -2.21. The first kappa shape index (κ1) is 30.3. The fourth-order valence-corrected chi connectivity index (χ4v) is 9.36. The highest BCUT2D eigenvalue weighted by Crippen LogP contribution is 2.51. The summed E-state index contributed by atoms with van der Waals surface area (Å²) in [4.78, 5) is 0. The van der Waals surface area contributed by atoms with Crippen LogP contribution in [0, 0.1) is 0 Å². The molecule has 9 aromatic rings. The molecule has 0 atom stereocenters. The summed E-state index contributed by atoms with van der Waals surface area (Å²) in [6.07, 6.45) is 8.86. The average Bonchev–Trinajstić information content (AvgIpc) is 3.80. The van der Waals surface area contributed by atoms with Crippen molar-refractivity contribution in [1.82, 2.24) is 9.13 Å². The second kappa shape index (κ2) is 11.3. The van der Waals surface area contributed by atoms with Crippen molar-refractivity contribution in [3.05, 3.63) is 181 Å². The largest absolute Gasteiger partial charge is 0.313 e. The molecule has 0 amide bonds. The molecule has 0 N–H and O–H groups in total. The number of allylic oxidation sites excluding steroid dienone is 4. The number of fused-ring (bicyclic) bond motifs is 9. The second-order valence-corrected chi connectivity index (χ2v) is 15.3. The van der Waals surface area contributed by atoms with Gasteiger partial charge in [0.2, 0.25) is 0 Å². The summed E-state index contributed by atoms with van der Waals surface area (Å²) in [5.41, 5.74) is 17.8. The normalized spacial score (nSPS) is 14.6. The zero-order valence-electron chi connectivity index (χ0n) is 30.0. The standard InChI is InChI=1S/C51H38N2/c1-51(2)45-22-11-9-20-39(45)41-31-44-43-30-36(35-24-26-48-42(29-35)40-21-10-12-23-47(40)52(48)37-17-7-4-8-18-37)25-27-49(43)53(50(44)32-46(41)51)38-19-13-16-34(28-38)33-14-5-3-6-15-33/h3-7,9-17,19-32H,8,18H2,1-2H3. The molecule has 53 heavy (non-hydrogen) atoms. The molecule has 0 saturated heterocycles. The van der Waals surface area contributed by atoms with Gasteiger partial charge >= 0.3 is 0 Å². The third-order valence-corrected chi connectivity index (χ3v) is 12.0. The van der Waals surface area contributed by atoms with Gasteiger partial charge in [-0.2, -0.15) is 0 Å². The van der Waals surface area contributed by atoms with Gasteiger partial charge in [-0.05, 0) is 118 Å². The minimum Gasteiger partial charge on any atom is -0.313 e. The first-order valence-corrected chi connectivity index (χ1v) is 18.8. The maximum absolute atomic E-state index is 2.49. The van der Waals surface area contributed by atoms with Crippen LogP contribution in [0.15, 0.2) is 170 Å². The molecule has 11 rings (SSSR count). The summed E-state index contributed by atoms with van der Waals surface area (Å²) in [6.45, 7) is 4.75. The third-order valence-electron chi connectivity index (χ3n) is 12.0. The van der Waals surface area contributed by atoms with Crippen LogP contribution < -0.4 is 0 Å². The fourth-order valence-electron chi connectivity index (χ4n) is 9.36. The van der Waals surface area contributed by atoms with Gasteiger partial charge in [-0.15, -0.1) is 0 Å². The Morgan fingerprint density at radius 2 is 1.11 bits per heavy atom. The van der Waals surface area contributed by atoms with E-state index in [1.165, 1.54) is 99.5 Å². The van der Waals surface area contributed by atoms with Crippen molar-refractivity contribution in [3.8, 4) is 39.1 Å². The molecule has 2 heteroatoms. The molecule has 0 unspecified atom stereocenters. The predicted octanol–water partition coefficient (Wildman–Crippen LogP) is 13.7. The van der Waals surface area contributed by atoms with Crippen molar-refractivity contribution in [2.45, 2.75) is 32.1 Å². The van der Waals surface area contributed by atoms with Gasteiger partial charge in [0.1, 0.15) is 0 Å². The number of aromatic nitrogens is 2. The van der Waals surface area contributed by atoms with Crippen molar-refractivity contribution in [1.29, 1.82) is 0 Å². The zero-order chi connectivity index (χ0) is 35.3. The summed E-state index contributed by atoms with van der Waals surface area (Å²) in [5, 5.41) is 5.15. The van der Waals surface area contributed by atoms with Crippen LogP contribution >= 0.6 is 0 Å². The summed E-state index contributed by atoms with van der Waals surface area (Å²) in [5.74, 6) is 0. The van der Waals surface area contributed by atoms with Crippen LogP contribution in [0.1, 0.15) is 37.8 Å². The highest BCUT2D eigenvalue weighted by molar-refractivity contribution is 6.14. The van der Waals surface area contributed by atoms with Gasteiger partial charge in [0.15, 0.2) is 0 Å². The maximum atomic E-state index is 2.49. The number of hydrogen-bond donors (Lipinski definition) is 0. The Hall–Kier alpha value is -6.38. The van der Waals surface area contributed by atoms with Crippen LogP contribution in [0.5, 0.6) is 0 Å². The molecule has 2 aliphatic rings. The number of rotatable bonds is 4. The lowest BCUT2D eigenvalue weighted by Crippen LogP contribution is -2.14. The predicted molar refractivity (Wildman–Crippen MR) is 225 cm³/mol. The second-order valence-electron chi connectivity index (χ2n) is 15.3. The van der Waals surface area contributed by atoms with Crippen molar-refractivity contribution in [2.75, 3.05) is 0 Å². The van der Waals surface area contributed by atoms with Gasteiger partial charge in [0.05, 0.1) is 22.1 Å². The van der Waals surface area contributed by atoms with Crippen molar-refractivity contribution < 1.29 is 0 Å². The van der Waals surface area contributed by atoms with Crippen LogP contribution in [-0.2, 0) is 5.41 Å². The summed E-state index contributed by atoms with van der Waals surface area (Å²) in [6, 6.07) is 56.7. The van der Waals surface area contributed by atoms with Crippen LogP contribution in [0.2, 0.25) is 0 Å². The molecule has 7 aromatic carbocycles. The molecule has 0 saturated carbocycles. The molecule has 0 radical (unpaired) electrons. The Kier molecular flexibility index (Phi) is 6.46. The maximum Gasteiger partial charge on any atom is 0.0544 e. The van der Waals surface area contributed by atoms with Crippen LogP contribution in [0.3, 0.4) is 0 Å². The molecule has 0 fully saturated rings. The van der Waals surface area contributed by atoms with E-state index in [0.717, 1.165) is 12.8 Å². The molecule has 2 aromatic heterocycles. The first-order chi connectivity index (χ1) is 26.0. The van der Waals surface area contributed by atoms with Crippen LogP contribution in [-0.4, -0.2) is 9.13 Å². The Balaban J connectivity index is 1.15. The Morgan fingerprint density at radius 3 is 1.92 bits per heavy atom. The molecular weight excluding hydrogens is 641 g/mol. The number of nitrogens with zero attached hydrogens (tertiary/aromatic N) is 2. The van der Waals surface area contributed by atoms with E-state index in [1.54, 1.807) is 0 Å². The van der Waals surface area contributed by atoms with Crippen LogP contribution in [0.4, 0.5) is 0 Å². The highest BCUT2D eigenvalue weighted by atomic mass is 15.0. The van der Waals surface area contributed by atoms with E-state index in [1.807, 2.05) is 0 Å². The number of para-hydroxylation sites is 1. The van der Waals surface area contributed by atoms with Gasteiger partial charge in [-0.1, -0.05) is 123 Å². The molecule has 2 heterocycles. The lowest BCUT2D eigenvalue weighted by atomic mass is 9.82. The zero-order valence-corrected chi connectivity index (χ0v) is 30.0. The molecule has 2 nitrogen and oxygen atoms in total. The SMILES string of the molecule is CC1(C)c2ccccc2-c2cc3c4cc(-c5ccc6c(c5)c5ccccc5n6C5=CC=CCC5)ccc4n(-c4cccc(-c5ccccc5)c4)c3cc21. The number of benzene rings is 7. The average molecular weight is 679 g/mol. The first-order valence-electron chi connectivity index (χ1n) is 18.8. The third kappa shape index (κ3) is 4.45. The molecular formula is C51H38N2. The topological polar surface area (TPSA) is 9.86 Å². The summed E-state index contributed by atoms with van der Waals surface area (Å²) < 4.78 is 4.96. The molecule has 0 aliphatic heterocycles. The van der Waals surface area contributed by atoms with Gasteiger partial charge in [0, 0.05) is 38.3 Å². The monoisotopic (exact) mass is 678 g/mol. The van der Waals surface area contributed by atoms with Crippen molar-refractivity contribution >= 4 is 49.3 Å². The quantitative estimate of drug-likeness (QED) is 0.175. The Morgan fingerprint density at radius 1 is 0.453 bits per heavy atom. The van der Waals surface area contributed by atoms with E-state index in [4.69, 9.17) is 0 Å². The van der Waals surface area contributed by atoms with Gasteiger partial charge in [-0.3, -0.25) is 0 Å². The van der Waals surface area contributed by atoms with Crippen LogP contribution in [0.25, 0.3) is 88.4 Å². The van der Waals surface area contributed by atoms with Crippen molar-refractivity contribution in [3.63, 3.8) is 0 Å². The minimum absolute atomic E-state index is 0.0863. The van der Waals surface area contributed by atoms with E-state index >= 15 is 0 Å². The van der Waals surface area contributed by atoms with E-state index in [9.17, 15) is 0 Å². The smallest absolute Gasteiger partial charge is 0.0544 e. The molecule has 252 valence electrons. The van der Waals surface area contributed by atoms with Gasteiger partial charge in [-0.25, -0.2) is 0 Å². The highest BCUT2D eigenvalue weighted by Gasteiger charge is 2.36. The fraction of sp³-hybridized carbons (Fsp3) is 0.0980. The molecule has 0 bridgehead atoms. The van der Waals surface area contributed by atoms with E-state index in [-0.39, 0.29) is 5.41 Å². The minimum atomic E-state index is -0.0863. The summed E-state index contributed by atoms with van der Waals surface area (Å²) in [7, 11) is 0. The molecule has 2 aliphatic carbocycles. The van der Waals surface area contributed by atoms with E-state index in [0.29, 0.717) is 0 Å². The van der Waals surface area contributed by atoms with E-state index < -0.39 is 0 Å². The Labute approximate surface area is 309 Å². The van der Waals surface area contributed by atoms with Gasteiger partial charge < -0.3 is 9.13 Å². The van der Waals surface area contributed by atoms with Gasteiger partial charge in [0.25, 0.3) is 0 Å². The van der Waals surface area contributed by atoms with Crippen molar-refractivity contribution in [2.24, 2.45) is 0 Å². The number of hydrogen-bond acceptors (Lipinski definition) is 0. The molecule has 0 spiro atoms. The summed E-state index contributed by atoms with van der Waals surface area (Å²) >= 11 is 0. The Bertz CT molecular complexity index is 3020. The lowest BCUT2D eigenvalue weighted by molar-refractivity contribution is 0.661.